The van der Waals surface area contributed by atoms with Crippen LogP contribution in [0.5, 0.6) is 0 Å². The number of amides is 2. The van der Waals surface area contributed by atoms with Crippen molar-refractivity contribution in [3.05, 3.63) is 11.6 Å². The Morgan fingerprint density at radius 1 is 1.10 bits per heavy atom. The number of ketones is 2. The molecule has 0 bridgehead atoms. The van der Waals surface area contributed by atoms with Gasteiger partial charge in [0.15, 0.2) is 29.1 Å². The van der Waals surface area contributed by atoms with Gasteiger partial charge in [-0.2, -0.15) is 0 Å². The van der Waals surface area contributed by atoms with Gasteiger partial charge in [0.05, 0.1) is 17.8 Å². The fraction of sp³-hybridized carbons (Fsp3) is 0.794. The lowest BCUT2D eigenvalue weighted by Gasteiger charge is -2.48. The van der Waals surface area contributed by atoms with Crippen LogP contribution in [0.4, 0.5) is 9.18 Å². The lowest BCUT2D eigenvalue weighted by molar-refractivity contribution is -0.300. The van der Waals surface area contributed by atoms with Crippen LogP contribution < -0.4 is 5.32 Å². The number of ether oxygens (including phenoxy) is 6. The number of alkyl carbamates (subject to hydrolysis) is 1. The fourth-order valence-electron chi connectivity index (χ4n) is 6.85. The van der Waals surface area contributed by atoms with E-state index in [1.165, 1.54) is 48.8 Å². The van der Waals surface area contributed by atoms with Gasteiger partial charge in [0.1, 0.15) is 18.1 Å². The Morgan fingerprint density at radius 3 is 2.18 bits per heavy atom. The van der Waals surface area contributed by atoms with E-state index >= 15 is 4.39 Å². The molecule has 0 unspecified atom stereocenters. The summed E-state index contributed by atoms with van der Waals surface area (Å²) in [5.41, 5.74) is -6.56. The molecule has 2 rings (SSSR count). The molecule has 0 aliphatic carbocycles. The van der Waals surface area contributed by atoms with Crippen LogP contribution in [0.1, 0.15) is 74.7 Å². The maximum Gasteiger partial charge on any atom is 0.414 e. The summed E-state index contributed by atoms with van der Waals surface area (Å²) in [7, 11) is 6.57. The molecule has 0 saturated carbocycles. The molecule has 51 heavy (non-hydrogen) atoms. The minimum absolute atomic E-state index is 0.0224. The van der Waals surface area contributed by atoms with E-state index in [-0.39, 0.29) is 24.1 Å². The standard InChI is InChI=1S/C34H52Cl3FN2O11/c1-13-22-32(7,51-30(45)39-29(44)34(35,36)37)15-17(2)25(42)31(6,38)16-33(8,47-12)26(19(4)23(41)20(5)27(43)49-22)50-28-24(46-11)21(40(9)10)14-18(3)48-28/h15,18-22,24,26,28H,13-14,16H2,1-12H3,(H,39,44,45)/b17-15+/t18-,19+,20-,21+,22-,24-,26-,28+,31+,32+,33-/m1/s1. The van der Waals surface area contributed by atoms with Gasteiger partial charge in [-0.15, -0.1) is 0 Å². The number of allylic oxidation sites excluding steroid dienone is 1. The molecule has 0 spiro atoms. The number of likely N-dealkylation sites (N-methyl/N-ethyl adjacent to an activating group) is 1. The van der Waals surface area contributed by atoms with E-state index in [2.05, 4.69) is 0 Å². The number of Topliss-reactive ketones (excluding diaryl/α,β-unsaturated/α-hetero) is 2. The molecular formula is C34H52Cl3FN2O11. The van der Waals surface area contributed by atoms with E-state index < -0.39 is 93.1 Å². The van der Waals surface area contributed by atoms with Gasteiger partial charge < -0.3 is 33.3 Å². The van der Waals surface area contributed by atoms with Gasteiger partial charge in [-0.1, -0.05) is 48.7 Å². The van der Waals surface area contributed by atoms with E-state index in [0.29, 0.717) is 6.42 Å². The molecule has 1 N–H and O–H groups in total. The number of carbonyl (C=O) groups is 5. The molecule has 0 aromatic carbocycles. The molecule has 2 aliphatic heterocycles. The van der Waals surface area contributed by atoms with E-state index in [1.807, 2.05) is 25.9 Å². The summed E-state index contributed by atoms with van der Waals surface area (Å²) in [6, 6.07) is -0.151. The lowest BCUT2D eigenvalue weighted by atomic mass is 9.75. The van der Waals surface area contributed by atoms with Crippen molar-refractivity contribution in [1.82, 2.24) is 10.2 Å². The predicted molar refractivity (Wildman–Crippen MR) is 187 cm³/mol. The van der Waals surface area contributed by atoms with Crippen LogP contribution in [0.25, 0.3) is 0 Å². The van der Waals surface area contributed by atoms with Gasteiger partial charge in [-0.25, -0.2) is 9.18 Å². The first-order chi connectivity index (χ1) is 23.3. The van der Waals surface area contributed by atoms with E-state index in [9.17, 15) is 24.0 Å². The molecule has 13 nitrogen and oxygen atoms in total. The molecule has 0 radical (unpaired) electrons. The van der Waals surface area contributed by atoms with Crippen LogP contribution in [0.15, 0.2) is 11.6 Å². The van der Waals surface area contributed by atoms with Crippen LogP contribution in [-0.4, -0.2) is 120 Å². The largest absolute Gasteiger partial charge is 0.457 e. The molecular weight excluding hydrogens is 738 g/mol. The number of hydrogen-bond acceptors (Lipinski definition) is 12. The molecule has 2 amide bonds. The molecule has 0 aromatic heterocycles. The molecule has 11 atom stereocenters. The molecule has 292 valence electrons. The highest BCUT2D eigenvalue weighted by atomic mass is 35.6. The maximum atomic E-state index is 16.9. The van der Waals surface area contributed by atoms with Crippen LogP contribution in [-0.2, 0) is 47.6 Å². The highest BCUT2D eigenvalue weighted by Crippen LogP contribution is 2.40. The number of hydrogen-bond donors (Lipinski definition) is 1. The topological polar surface area (TPSA) is 156 Å². The number of nitrogens with one attached hydrogen (secondary N) is 1. The van der Waals surface area contributed by atoms with Crippen LogP contribution >= 0.6 is 34.8 Å². The van der Waals surface area contributed by atoms with Gasteiger partial charge in [0, 0.05) is 32.6 Å². The molecule has 0 aromatic rings. The minimum atomic E-state index is -2.66. The Kier molecular flexibility index (Phi) is 15.5. The maximum absolute atomic E-state index is 16.9. The third kappa shape index (κ3) is 10.8. The second-order valence-corrected chi connectivity index (χ2v) is 16.4. The normalized spacial score (nSPS) is 38.7. The quantitative estimate of drug-likeness (QED) is 0.209. The first kappa shape index (κ1) is 45.2. The average Bonchev–Trinajstić information content (AvgIpc) is 3.02. The predicted octanol–water partition coefficient (Wildman–Crippen LogP) is 5.05. The Labute approximate surface area is 314 Å². The summed E-state index contributed by atoms with van der Waals surface area (Å²) in [4.78, 5) is 68.7. The summed E-state index contributed by atoms with van der Waals surface area (Å²) in [6.07, 6.45) is -4.93. The molecule has 17 heteroatoms. The van der Waals surface area contributed by atoms with Gasteiger partial charge in [0.2, 0.25) is 0 Å². The first-order valence-corrected chi connectivity index (χ1v) is 17.8. The average molecular weight is 790 g/mol. The Balaban J connectivity index is 2.74. The van der Waals surface area contributed by atoms with Crippen molar-refractivity contribution in [1.29, 1.82) is 0 Å². The number of halogens is 4. The molecule has 2 heterocycles. The van der Waals surface area contributed by atoms with Crippen molar-refractivity contribution in [3.63, 3.8) is 0 Å². The second-order valence-electron chi connectivity index (χ2n) is 14.2. The minimum Gasteiger partial charge on any atom is -0.457 e. The van der Waals surface area contributed by atoms with Crippen molar-refractivity contribution in [3.8, 4) is 0 Å². The Bertz CT molecular complexity index is 1340. The fourth-order valence-corrected chi connectivity index (χ4v) is 7.00. The number of methoxy groups -OCH3 is 2. The van der Waals surface area contributed by atoms with Gasteiger partial charge in [-0.3, -0.25) is 24.5 Å². The Morgan fingerprint density at radius 2 is 1.69 bits per heavy atom. The zero-order valence-corrected chi connectivity index (χ0v) is 33.5. The third-order valence-electron chi connectivity index (χ3n) is 9.63. The highest BCUT2D eigenvalue weighted by Gasteiger charge is 2.53. The van der Waals surface area contributed by atoms with E-state index in [4.69, 9.17) is 63.2 Å². The monoisotopic (exact) mass is 788 g/mol. The van der Waals surface area contributed by atoms with Crippen LogP contribution in [0, 0.1) is 11.8 Å². The summed E-state index contributed by atoms with van der Waals surface area (Å²) >= 11 is 16.7. The second kappa shape index (κ2) is 17.5. The van der Waals surface area contributed by atoms with Crippen LogP contribution in [0.3, 0.4) is 0 Å². The van der Waals surface area contributed by atoms with Crippen molar-refractivity contribution < 1.29 is 56.8 Å². The van der Waals surface area contributed by atoms with Crippen molar-refractivity contribution >= 4 is 64.3 Å². The van der Waals surface area contributed by atoms with Gasteiger partial charge in [0.25, 0.3) is 9.70 Å². The van der Waals surface area contributed by atoms with Gasteiger partial charge in [-0.05, 0) is 80.1 Å². The number of alkyl halides is 4. The summed E-state index contributed by atoms with van der Waals surface area (Å²) in [5, 5.41) is 1.76. The van der Waals surface area contributed by atoms with Crippen molar-refractivity contribution in [2.75, 3.05) is 28.3 Å². The molecule has 2 aliphatic rings. The zero-order chi connectivity index (χ0) is 39.4. The number of rotatable bonds is 7. The number of imide groups is 1. The van der Waals surface area contributed by atoms with Crippen molar-refractivity contribution in [2.24, 2.45) is 11.8 Å². The lowest BCUT2D eigenvalue weighted by Crippen LogP contribution is -2.60. The summed E-state index contributed by atoms with van der Waals surface area (Å²) in [5.74, 6) is -6.57. The number of carbonyl (C=O) groups excluding carboxylic acids is 5. The van der Waals surface area contributed by atoms with Crippen molar-refractivity contribution in [2.45, 2.75) is 132 Å². The first-order valence-electron chi connectivity index (χ1n) is 16.6. The molecule has 1 saturated heterocycles. The van der Waals surface area contributed by atoms with E-state index in [1.54, 1.807) is 12.2 Å². The molecule has 1 fully saturated rings. The van der Waals surface area contributed by atoms with Crippen LogP contribution in [0.2, 0.25) is 0 Å². The third-order valence-corrected chi connectivity index (χ3v) is 10.1. The zero-order valence-electron chi connectivity index (χ0n) is 31.3. The number of cyclic esters (lactones) is 1. The summed E-state index contributed by atoms with van der Waals surface area (Å²) < 4.78 is 50.1. The highest BCUT2D eigenvalue weighted by molar-refractivity contribution is 6.76. The number of esters is 1. The Hall–Kier alpha value is -1.91. The SMILES string of the molecule is CC[C@H]1OC(=O)[C@H](C)C(=O)[C@H](C)[C@@H](O[C@@H]2O[C@H](C)C[C@H](N(C)C)[C@H]2OC)[C@](C)(OC)C[C@](C)(F)C(=O)/C(C)=C/[C@]1(C)OC(=O)NC(=O)C(Cl)(Cl)Cl. The van der Waals surface area contributed by atoms with E-state index in [0.717, 1.165) is 13.0 Å². The summed E-state index contributed by atoms with van der Waals surface area (Å²) in [6.45, 7) is 11.4. The smallest absolute Gasteiger partial charge is 0.414 e. The van der Waals surface area contributed by atoms with Gasteiger partial charge >= 0.3 is 12.1 Å². The number of nitrogens with zero attached hydrogens (tertiary/aromatic N) is 1.